The molecular weight excluding hydrogens is 296 g/mol. The van der Waals surface area contributed by atoms with Gasteiger partial charge in [-0.15, -0.1) is 22.7 Å². The smallest absolute Gasteiger partial charge is 0.264 e. The van der Waals surface area contributed by atoms with Crippen LogP contribution in [0.4, 0.5) is 0 Å². The van der Waals surface area contributed by atoms with E-state index in [-0.39, 0.29) is 11.8 Å². The Morgan fingerprint density at radius 3 is 3.05 bits per heavy atom. The van der Waals surface area contributed by atoms with Crippen molar-refractivity contribution in [2.24, 2.45) is 11.7 Å². The SMILES string of the molecule is NC(=S)C1CCCN(C(=O)c2cc3sccc3s2)C1. The highest BCUT2D eigenvalue weighted by molar-refractivity contribution is 7.80. The van der Waals surface area contributed by atoms with E-state index in [1.165, 1.54) is 9.40 Å². The Hall–Kier alpha value is -0.980. The summed E-state index contributed by atoms with van der Waals surface area (Å²) in [5.74, 6) is 0.295. The third-order valence-corrected chi connectivity index (χ3v) is 5.88. The van der Waals surface area contributed by atoms with Gasteiger partial charge >= 0.3 is 0 Å². The molecule has 19 heavy (non-hydrogen) atoms. The topological polar surface area (TPSA) is 46.3 Å². The van der Waals surface area contributed by atoms with Crippen LogP contribution in [0.3, 0.4) is 0 Å². The number of likely N-dealkylation sites (tertiary alicyclic amines) is 1. The molecule has 6 heteroatoms. The number of thiophene rings is 2. The van der Waals surface area contributed by atoms with Gasteiger partial charge in [-0.2, -0.15) is 0 Å². The van der Waals surface area contributed by atoms with Crippen LogP contribution >= 0.6 is 34.9 Å². The lowest BCUT2D eigenvalue weighted by molar-refractivity contribution is 0.0708. The molecular formula is C13H14N2OS3. The first-order valence-electron chi connectivity index (χ1n) is 6.21. The maximum Gasteiger partial charge on any atom is 0.264 e. The molecule has 0 spiro atoms. The van der Waals surface area contributed by atoms with Gasteiger partial charge in [0.2, 0.25) is 0 Å². The summed E-state index contributed by atoms with van der Waals surface area (Å²) in [7, 11) is 0. The number of nitrogens with two attached hydrogens (primary N) is 1. The zero-order chi connectivity index (χ0) is 13.4. The molecule has 0 aromatic carbocycles. The van der Waals surface area contributed by atoms with Crippen molar-refractivity contribution in [1.29, 1.82) is 0 Å². The number of nitrogens with zero attached hydrogens (tertiary/aromatic N) is 1. The molecule has 0 aliphatic carbocycles. The molecule has 1 saturated heterocycles. The van der Waals surface area contributed by atoms with Crippen LogP contribution in [0.15, 0.2) is 17.5 Å². The third-order valence-electron chi connectivity index (χ3n) is 3.46. The number of carbonyl (C=O) groups excluding carboxylic acids is 1. The van der Waals surface area contributed by atoms with Crippen LogP contribution in [0.25, 0.3) is 9.40 Å². The van der Waals surface area contributed by atoms with Gasteiger partial charge in [0.25, 0.3) is 5.91 Å². The van der Waals surface area contributed by atoms with Crippen molar-refractivity contribution >= 4 is 55.2 Å². The molecule has 0 bridgehead atoms. The van der Waals surface area contributed by atoms with Crippen molar-refractivity contribution in [1.82, 2.24) is 4.90 Å². The number of carbonyl (C=O) groups is 1. The predicted molar refractivity (Wildman–Crippen MR) is 85.1 cm³/mol. The molecule has 1 fully saturated rings. The van der Waals surface area contributed by atoms with Crippen molar-refractivity contribution in [3.05, 3.63) is 22.4 Å². The summed E-state index contributed by atoms with van der Waals surface area (Å²) in [6.45, 7) is 1.48. The number of fused-ring (bicyclic) bond motifs is 1. The van der Waals surface area contributed by atoms with Crippen LogP contribution in [-0.4, -0.2) is 28.9 Å². The minimum absolute atomic E-state index is 0.120. The summed E-state index contributed by atoms with van der Waals surface area (Å²) in [4.78, 5) is 15.7. The molecule has 3 heterocycles. The minimum atomic E-state index is 0.120. The molecule has 1 unspecified atom stereocenters. The zero-order valence-electron chi connectivity index (χ0n) is 10.3. The largest absolute Gasteiger partial charge is 0.393 e. The standard InChI is InChI=1S/C13H14N2OS3/c14-12(17)8-2-1-4-15(7-8)13(16)11-6-10-9(19-11)3-5-18-10/h3,5-6,8H,1-2,4,7H2,(H2,14,17). The van der Waals surface area contributed by atoms with Crippen molar-refractivity contribution in [2.75, 3.05) is 13.1 Å². The van der Waals surface area contributed by atoms with E-state index >= 15 is 0 Å². The van der Waals surface area contributed by atoms with Crippen molar-refractivity contribution < 1.29 is 4.79 Å². The van der Waals surface area contributed by atoms with Crippen molar-refractivity contribution in [3.8, 4) is 0 Å². The molecule has 1 amide bonds. The molecule has 100 valence electrons. The van der Waals surface area contributed by atoms with Gasteiger partial charge in [-0.25, -0.2) is 0 Å². The van der Waals surface area contributed by atoms with Gasteiger partial charge in [0, 0.05) is 28.4 Å². The molecule has 2 aromatic heterocycles. The van der Waals surface area contributed by atoms with Gasteiger partial charge in [0.1, 0.15) is 0 Å². The quantitative estimate of drug-likeness (QED) is 0.867. The van der Waals surface area contributed by atoms with Gasteiger partial charge < -0.3 is 10.6 Å². The number of rotatable bonds is 2. The summed E-state index contributed by atoms with van der Waals surface area (Å²) in [5, 5.41) is 2.05. The maximum atomic E-state index is 12.5. The second-order valence-electron chi connectivity index (χ2n) is 4.75. The van der Waals surface area contributed by atoms with Crippen molar-refractivity contribution in [3.63, 3.8) is 0 Å². The van der Waals surface area contributed by atoms with E-state index in [4.69, 9.17) is 18.0 Å². The van der Waals surface area contributed by atoms with Crippen LogP contribution in [0, 0.1) is 5.92 Å². The fraction of sp³-hybridized carbons (Fsp3) is 0.385. The van der Waals surface area contributed by atoms with Gasteiger partial charge in [0.05, 0.1) is 9.87 Å². The van der Waals surface area contributed by atoms with E-state index in [1.807, 2.05) is 11.0 Å². The lowest BCUT2D eigenvalue weighted by atomic mass is 9.98. The Morgan fingerprint density at radius 2 is 2.32 bits per heavy atom. The van der Waals surface area contributed by atoms with E-state index in [9.17, 15) is 4.79 Å². The maximum absolute atomic E-state index is 12.5. The average molecular weight is 310 g/mol. The fourth-order valence-electron chi connectivity index (χ4n) is 2.42. The van der Waals surface area contributed by atoms with Gasteiger partial charge in [0.15, 0.2) is 0 Å². The Balaban J connectivity index is 1.79. The van der Waals surface area contributed by atoms with Crippen LogP contribution in [0.1, 0.15) is 22.5 Å². The second kappa shape index (κ2) is 5.19. The third kappa shape index (κ3) is 2.52. The number of piperidine rings is 1. The lowest BCUT2D eigenvalue weighted by Crippen LogP contribution is -2.43. The lowest BCUT2D eigenvalue weighted by Gasteiger charge is -2.31. The number of amides is 1. The molecule has 0 radical (unpaired) electrons. The van der Waals surface area contributed by atoms with E-state index in [1.54, 1.807) is 22.7 Å². The summed E-state index contributed by atoms with van der Waals surface area (Å²) >= 11 is 8.30. The first-order valence-corrected chi connectivity index (χ1v) is 8.31. The molecule has 3 nitrogen and oxygen atoms in total. The first-order chi connectivity index (χ1) is 9.15. The van der Waals surface area contributed by atoms with Crippen LogP contribution in [-0.2, 0) is 0 Å². The normalized spacial score (nSPS) is 19.8. The molecule has 3 rings (SSSR count). The van der Waals surface area contributed by atoms with E-state index in [2.05, 4.69) is 11.4 Å². The molecule has 2 N–H and O–H groups in total. The number of hydrogen-bond donors (Lipinski definition) is 1. The Kier molecular flexibility index (Phi) is 3.56. The highest BCUT2D eigenvalue weighted by Gasteiger charge is 2.26. The average Bonchev–Trinajstić information content (AvgIpc) is 2.98. The Labute approximate surface area is 125 Å². The molecule has 0 saturated carbocycles. The Bertz CT molecular complexity index is 602. The molecule has 1 aliphatic heterocycles. The first kappa shape index (κ1) is 13.0. The number of thiocarbonyl (C=S) groups is 1. The summed E-state index contributed by atoms with van der Waals surface area (Å²) < 4.78 is 2.38. The molecule has 1 aliphatic rings. The monoisotopic (exact) mass is 310 g/mol. The number of hydrogen-bond acceptors (Lipinski definition) is 4. The second-order valence-corrected chi connectivity index (χ2v) is 7.26. The Morgan fingerprint density at radius 1 is 1.47 bits per heavy atom. The van der Waals surface area contributed by atoms with E-state index in [0.717, 1.165) is 24.3 Å². The fourth-order valence-corrected chi connectivity index (χ4v) is 4.69. The minimum Gasteiger partial charge on any atom is -0.393 e. The van der Waals surface area contributed by atoms with Gasteiger partial charge in [-0.1, -0.05) is 12.2 Å². The highest BCUT2D eigenvalue weighted by atomic mass is 32.1. The molecule has 1 atom stereocenters. The molecule has 2 aromatic rings. The van der Waals surface area contributed by atoms with Gasteiger partial charge in [-0.3, -0.25) is 4.79 Å². The van der Waals surface area contributed by atoms with E-state index in [0.29, 0.717) is 11.5 Å². The zero-order valence-corrected chi connectivity index (χ0v) is 12.7. The van der Waals surface area contributed by atoms with Crippen LogP contribution in [0.5, 0.6) is 0 Å². The highest BCUT2D eigenvalue weighted by Crippen LogP contribution is 2.31. The van der Waals surface area contributed by atoms with Crippen LogP contribution in [0.2, 0.25) is 0 Å². The van der Waals surface area contributed by atoms with E-state index < -0.39 is 0 Å². The van der Waals surface area contributed by atoms with Crippen LogP contribution < -0.4 is 5.73 Å². The van der Waals surface area contributed by atoms with Crippen molar-refractivity contribution in [2.45, 2.75) is 12.8 Å². The predicted octanol–water partition coefficient (Wildman–Crippen LogP) is 3.10. The summed E-state index contributed by atoms with van der Waals surface area (Å²) in [6.07, 6.45) is 1.98. The summed E-state index contributed by atoms with van der Waals surface area (Å²) in [6, 6.07) is 4.06. The summed E-state index contributed by atoms with van der Waals surface area (Å²) in [5.41, 5.74) is 5.71. The van der Waals surface area contributed by atoms with Gasteiger partial charge in [-0.05, 0) is 30.4 Å².